The van der Waals surface area contributed by atoms with Gasteiger partial charge in [-0.15, -0.1) is 0 Å². The van der Waals surface area contributed by atoms with Gasteiger partial charge in [0.05, 0.1) is 12.0 Å². The number of fused-ring (bicyclic) bond motifs is 5. The molecular weight excluding hydrogens is 452 g/mol. The van der Waals surface area contributed by atoms with Crippen LogP contribution in [0.2, 0.25) is 5.02 Å². The second-order valence-corrected chi connectivity index (χ2v) is 10.0. The summed E-state index contributed by atoms with van der Waals surface area (Å²) in [6.07, 6.45) is 2.68. The van der Waals surface area contributed by atoms with Crippen molar-refractivity contribution < 1.29 is 14.3 Å². The smallest absolute Gasteiger partial charge is 0.307 e. The van der Waals surface area contributed by atoms with Crippen LogP contribution in [0.3, 0.4) is 0 Å². The molecule has 4 fully saturated rings. The molecule has 7 nitrogen and oxygen atoms in total. The molecule has 0 radical (unpaired) electrons. The molecule has 2 bridgehead atoms. The summed E-state index contributed by atoms with van der Waals surface area (Å²) in [5.74, 6) is 2.70. The first-order chi connectivity index (χ1) is 16.6. The van der Waals surface area contributed by atoms with Crippen LogP contribution in [-0.2, 0) is 9.53 Å². The zero-order chi connectivity index (χ0) is 23.1. The second kappa shape index (κ2) is 9.21. The molecule has 2 aromatic rings. The third kappa shape index (κ3) is 4.40. The Morgan fingerprint density at radius 1 is 1.12 bits per heavy atom. The van der Waals surface area contributed by atoms with Crippen LogP contribution in [0.4, 0.5) is 5.69 Å². The predicted molar refractivity (Wildman–Crippen MR) is 131 cm³/mol. The summed E-state index contributed by atoms with van der Waals surface area (Å²) in [6, 6.07) is 13.4. The van der Waals surface area contributed by atoms with E-state index in [-0.39, 0.29) is 18.1 Å². The van der Waals surface area contributed by atoms with Gasteiger partial charge < -0.3 is 19.7 Å². The summed E-state index contributed by atoms with van der Waals surface area (Å²) in [5, 5.41) is 4.11. The number of carbonyl (C=O) groups excluding carboxylic acids is 1. The van der Waals surface area contributed by atoms with Crippen molar-refractivity contribution in [3.63, 3.8) is 0 Å². The van der Waals surface area contributed by atoms with Crippen molar-refractivity contribution in [2.45, 2.75) is 31.4 Å². The summed E-state index contributed by atoms with van der Waals surface area (Å²) in [6.45, 7) is 5.38. The number of piperidine rings is 3. The molecule has 0 aromatic heterocycles. The van der Waals surface area contributed by atoms with Crippen molar-refractivity contribution in [1.82, 2.24) is 15.1 Å². The lowest BCUT2D eigenvalue weighted by molar-refractivity contribution is -0.159. The van der Waals surface area contributed by atoms with E-state index in [2.05, 4.69) is 15.1 Å². The Bertz CT molecular complexity index is 1110. The summed E-state index contributed by atoms with van der Waals surface area (Å²) >= 11 is 6.26. The molecule has 5 aliphatic heterocycles. The molecule has 0 saturated carbocycles. The van der Waals surface area contributed by atoms with Crippen molar-refractivity contribution in [2.24, 2.45) is 10.9 Å². The number of hydrogen-bond donors (Lipinski definition) is 1. The van der Waals surface area contributed by atoms with E-state index in [1.807, 2.05) is 42.5 Å². The standard InChI is InChI=1S/C26H29ClN4O3/c27-18-5-6-23-21(13-18)29-26(20-3-1-2-4-22(20)33-23)31-12-9-28-19(15-31)14-25(32)34-24-16-30-10-7-17(24)8-11-30/h1-6,13,17,19,24,28H,7-12,14-16H2/t19-,24-/m0/s1. The molecule has 5 aliphatic rings. The van der Waals surface area contributed by atoms with E-state index in [1.165, 1.54) is 0 Å². The average Bonchev–Trinajstić information content (AvgIpc) is 3.01. The van der Waals surface area contributed by atoms with Crippen LogP contribution < -0.4 is 10.1 Å². The van der Waals surface area contributed by atoms with Gasteiger partial charge in [-0.3, -0.25) is 9.69 Å². The quantitative estimate of drug-likeness (QED) is 0.674. The van der Waals surface area contributed by atoms with Crippen LogP contribution in [0.1, 0.15) is 24.8 Å². The molecule has 0 unspecified atom stereocenters. The van der Waals surface area contributed by atoms with Crippen LogP contribution >= 0.6 is 11.6 Å². The largest absolute Gasteiger partial charge is 0.461 e. The van der Waals surface area contributed by atoms with E-state index in [9.17, 15) is 4.79 Å². The summed E-state index contributed by atoms with van der Waals surface area (Å²) in [7, 11) is 0. The Morgan fingerprint density at radius 3 is 2.79 bits per heavy atom. The SMILES string of the molecule is O=C(C[C@H]1CN(C2=Nc3cc(Cl)ccc3Oc3ccccc32)CCN1)O[C@H]1CN2CCC1CC2. The highest BCUT2D eigenvalue weighted by atomic mass is 35.5. The van der Waals surface area contributed by atoms with Gasteiger partial charge in [-0.25, -0.2) is 4.99 Å². The van der Waals surface area contributed by atoms with Crippen LogP contribution in [0.15, 0.2) is 47.5 Å². The fourth-order valence-corrected chi connectivity index (χ4v) is 5.72. The number of hydrogen-bond acceptors (Lipinski definition) is 7. The number of nitrogens with one attached hydrogen (secondary N) is 1. The third-order valence-corrected chi connectivity index (χ3v) is 7.58. The molecule has 34 heavy (non-hydrogen) atoms. The summed E-state index contributed by atoms with van der Waals surface area (Å²) in [5.41, 5.74) is 1.64. The summed E-state index contributed by atoms with van der Waals surface area (Å²) in [4.78, 5) is 22.5. The second-order valence-electron chi connectivity index (χ2n) is 9.61. The number of para-hydroxylation sites is 1. The highest BCUT2D eigenvalue weighted by Crippen LogP contribution is 2.39. The van der Waals surface area contributed by atoms with Crippen LogP contribution in [-0.4, -0.2) is 73.0 Å². The Kier molecular flexibility index (Phi) is 5.93. The normalized spacial score (nSPS) is 27.7. The molecular formula is C26H29ClN4O3. The molecule has 5 heterocycles. The van der Waals surface area contributed by atoms with Crippen molar-refractivity contribution in [2.75, 3.05) is 39.3 Å². The first-order valence-electron chi connectivity index (χ1n) is 12.2. The maximum atomic E-state index is 12.8. The topological polar surface area (TPSA) is 66.4 Å². The van der Waals surface area contributed by atoms with Gasteiger partial charge in [-0.1, -0.05) is 23.7 Å². The lowest BCUT2D eigenvalue weighted by atomic mass is 9.86. The zero-order valence-corrected chi connectivity index (χ0v) is 19.8. The highest BCUT2D eigenvalue weighted by Gasteiger charge is 2.37. The number of aliphatic imine (C=N–C) groups is 1. The molecule has 0 aliphatic carbocycles. The number of rotatable bonds is 3. The minimum atomic E-state index is -0.109. The van der Waals surface area contributed by atoms with E-state index >= 15 is 0 Å². The molecule has 0 spiro atoms. The van der Waals surface area contributed by atoms with Gasteiger partial charge in [-0.05, 0) is 62.2 Å². The van der Waals surface area contributed by atoms with Gasteiger partial charge in [0, 0.05) is 37.2 Å². The first kappa shape index (κ1) is 21.9. The maximum Gasteiger partial charge on any atom is 0.307 e. The van der Waals surface area contributed by atoms with E-state index in [0.29, 0.717) is 35.3 Å². The third-order valence-electron chi connectivity index (χ3n) is 7.34. The molecule has 4 saturated heterocycles. The number of ether oxygens (including phenoxy) is 2. The lowest BCUT2D eigenvalue weighted by Crippen LogP contribution is -2.54. The van der Waals surface area contributed by atoms with Crippen molar-refractivity contribution in [3.8, 4) is 11.5 Å². The van der Waals surface area contributed by atoms with E-state index < -0.39 is 0 Å². The fraction of sp³-hybridized carbons (Fsp3) is 0.462. The van der Waals surface area contributed by atoms with Gasteiger partial charge in [0.15, 0.2) is 5.75 Å². The molecule has 0 amide bonds. The van der Waals surface area contributed by atoms with E-state index in [4.69, 9.17) is 26.1 Å². The summed E-state index contributed by atoms with van der Waals surface area (Å²) < 4.78 is 12.1. The first-order valence-corrected chi connectivity index (χ1v) is 12.6. The fourth-order valence-electron chi connectivity index (χ4n) is 5.56. The van der Waals surface area contributed by atoms with E-state index in [0.717, 1.165) is 62.7 Å². The van der Waals surface area contributed by atoms with Crippen molar-refractivity contribution in [1.29, 1.82) is 0 Å². The van der Waals surface area contributed by atoms with E-state index in [1.54, 1.807) is 0 Å². The minimum absolute atomic E-state index is 0.000185. The molecule has 7 rings (SSSR count). The molecule has 178 valence electrons. The molecule has 8 heteroatoms. The lowest BCUT2D eigenvalue weighted by Gasteiger charge is -2.44. The Hall–Kier alpha value is -2.61. The maximum absolute atomic E-state index is 12.8. The predicted octanol–water partition coefficient (Wildman–Crippen LogP) is 3.83. The Balaban J connectivity index is 1.19. The number of carbonyl (C=O) groups is 1. The number of halogens is 1. The molecule has 2 atom stereocenters. The number of esters is 1. The van der Waals surface area contributed by atoms with Crippen molar-refractivity contribution >= 4 is 29.1 Å². The highest BCUT2D eigenvalue weighted by molar-refractivity contribution is 6.31. The number of amidine groups is 1. The number of piperazine rings is 1. The van der Waals surface area contributed by atoms with Crippen LogP contribution in [0.5, 0.6) is 11.5 Å². The number of benzene rings is 2. The van der Waals surface area contributed by atoms with Gasteiger partial charge in [0.1, 0.15) is 23.4 Å². The van der Waals surface area contributed by atoms with Gasteiger partial charge in [0.25, 0.3) is 0 Å². The minimum Gasteiger partial charge on any atom is -0.461 e. The number of nitrogens with zero attached hydrogens (tertiary/aromatic N) is 3. The average molecular weight is 481 g/mol. The van der Waals surface area contributed by atoms with Crippen molar-refractivity contribution in [3.05, 3.63) is 53.1 Å². The zero-order valence-electron chi connectivity index (χ0n) is 19.1. The van der Waals surface area contributed by atoms with Crippen LogP contribution in [0.25, 0.3) is 0 Å². The molecule has 2 aromatic carbocycles. The van der Waals surface area contributed by atoms with Gasteiger partial charge in [0.2, 0.25) is 0 Å². The van der Waals surface area contributed by atoms with Crippen LogP contribution in [0, 0.1) is 5.92 Å². The molecule has 1 N–H and O–H groups in total. The Morgan fingerprint density at radius 2 is 1.97 bits per heavy atom. The van der Waals surface area contributed by atoms with Gasteiger partial charge >= 0.3 is 5.97 Å². The van der Waals surface area contributed by atoms with Gasteiger partial charge in [-0.2, -0.15) is 0 Å². The monoisotopic (exact) mass is 480 g/mol. The Labute approximate surface area is 204 Å².